The van der Waals surface area contributed by atoms with E-state index in [4.69, 9.17) is 0 Å². The van der Waals surface area contributed by atoms with Crippen molar-refractivity contribution in [1.82, 2.24) is 0 Å². The highest BCUT2D eigenvalue weighted by Gasteiger charge is 2.42. The van der Waals surface area contributed by atoms with Crippen LogP contribution in [0.3, 0.4) is 0 Å². The third-order valence-corrected chi connectivity index (χ3v) is 14.4. The van der Waals surface area contributed by atoms with Gasteiger partial charge in [-0.05, 0) is 92.3 Å². The van der Waals surface area contributed by atoms with Gasteiger partial charge in [-0.1, -0.05) is 141 Å². The molecule has 0 bridgehead atoms. The van der Waals surface area contributed by atoms with Gasteiger partial charge in [-0.25, -0.2) is 0 Å². The fourth-order valence-corrected chi connectivity index (χ4v) is 12.7. The summed E-state index contributed by atoms with van der Waals surface area (Å²) in [5.41, 5.74) is 0. The fourth-order valence-electron chi connectivity index (χ4n) is 7.26. The highest BCUT2D eigenvalue weighted by molar-refractivity contribution is 7.73. The molecule has 0 N–H and O–H groups in total. The molecule has 4 aromatic rings. The first-order valence-corrected chi connectivity index (χ1v) is 17.7. The van der Waals surface area contributed by atoms with Crippen molar-refractivity contribution in [2.75, 3.05) is 12.3 Å². The van der Waals surface area contributed by atoms with Crippen LogP contribution in [-0.2, 0) is 0 Å². The summed E-state index contributed by atoms with van der Waals surface area (Å²) < 4.78 is 0. The Morgan fingerprint density at radius 1 is 0.447 bits per heavy atom. The summed E-state index contributed by atoms with van der Waals surface area (Å²) in [6.45, 7) is 0. The molecule has 194 valence electrons. The second kappa shape index (κ2) is 12.7. The highest BCUT2D eigenvalue weighted by Crippen LogP contribution is 2.53. The van der Waals surface area contributed by atoms with Gasteiger partial charge in [0.2, 0.25) is 0 Å². The fraction of sp³-hybridized carbons (Fsp3) is 0.333. The van der Waals surface area contributed by atoms with Crippen LogP contribution < -0.4 is 21.2 Å². The monoisotopic (exact) mass is 534 g/mol. The summed E-state index contributed by atoms with van der Waals surface area (Å²) in [4.78, 5) is 0. The molecular weight excluding hydrogens is 494 g/mol. The van der Waals surface area contributed by atoms with Crippen LogP contribution in [0, 0.1) is 23.7 Å². The molecule has 0 aliphatic heterocycles. The van der Waals surface area contributed by atoms with Gasteiger partial charge in [-0.2, -0.15) is 0 Å². The van der Waals surface area contributed by atoms with Gasteiger partial charge in [0.05, 0.1) is 0 Å². The molecule has 0 heterocycles. The lowest BCUT2D eigenvalue weighted by atomic mass is 9.62. The van der Waals surface area contributed by atoms with Crippen LogP contribution in [0.4, 0.5) is 0 Å². The predicted octanol–water partition coefficient (Wildman–Crippen LogP) is 8.08. The van der Waals surface area contributed by atoms with Gasteiger partial charge in [-0.3, -0.25) is 0 Å². The van der Waals surface area contributed by atoms with Gasteiger partial charge in [0, 0.05) is 0 Å². The summed E-state index contributed by atoms with van der Waals surface area (Å²) >= 11 is 0. The average Bonchev–Trinajstić information content (AvgIpc) is 3.01. The minimum atomic E-state index is -0.359. The Kier molecular flexibility index (Phi) is 8.71. The van der Waals surface area contributed by atoms with Crippen molar-refractivity contribution >= 4 is 37.1 Å². The molecule has 0 aromatic heterocycles. The van der Waals surface area contributed by atoms with Gasteiger partial charge in [-0.15, -0.1) is 0 Å². The van der Waals surface area contributed by atoms with Crippen LogP contribution >= 0.6 is 15.8 Å². The van der Waals surface area contributed by atoms with E-state index in [1.807, 2.05) is 0 Å². The first kappa shape index (κ1) is 26.0. The van der Waals surface area contributed by atoms with Crippen LogP contribution in [0.5, 0.6) is 0 Å². The zero-order chi connectivity index (χ0) is 25.6. The summed E-state index contributed by atoms with van der Waals surface area (Å²) in [7, 11) is -0.710. The van der Waals surface area contributed by atoms with Crippen LogP contribution in [0.25, 0.3) is 0 Å². The smallest absolute Gasteiger partial charge is 0.0195 e. The Morgan fingerprint density at radius 2 is 0.868 bits per heavy atom. The predicted molar refractivity (Wildman–Crippen MR) is 170 cm³/mol. The molecule has 2 fully saturated rings. The van der Waals surface area contributed by atoms with E-state index in [0.29, 0.717) is 0 Å². The molecule has 0 nitrogen and oxygen atoms in total. The van der Waals surface area contributed by atoms with Crippen molar-refractivity contribution in [2.45, 2.75) is 38.5 Å². The van der Waals surface area contributed by atoms with Crippen LogP contribution in [-0.4, -0.2) is 12.3 Å². The highest BCUT2D eigenvalue weighted by atomic mass is 31.1. The number of benzene rings is 4. The maximum atomic E-state index is 2.40. The third-order valence-electron chi connectivity index (χ3n) is 9.11. The Balaban J connectivity index is 1.36. The normalized spacial score (nSPS) is 23.3. The van der Waals surface area contributed by atoms with Crippen molar-refractivity contribution in [3.8, 4) is 0 Å². The molecular formula is C36H40P2. The number of hydrogen-bond acceptors (Lipinski definition) is 0. The molecule has 38 heavy (non-hydrogen) atoms. The summed E-state index contributed by atoms with van der Waals surface area (Å²) in [6, 6.07) is 45.8. The van der Waals surface area contributed by atoms with E-state index in [9.17, 15) is 0 Å². The lowest BCUT2D eigenvalue weighted by Gasteiger charge is -2.48. The molecule has 2 saturated carbocycles. The lowest BCUT2D eigenvalue weighted by Crippen LogP contribution is -2.41. The van der Waals surface area contributed by atoms with Gasteiger partial charge in [0.1, 0.15) is 0 Å². The van der Waals surface area contributed by atoms with Crippen LogP contribution in [0.2, 0.25) is 0 Å². The second-order valence-corrected chi connectivity index (χ2v) is 15.8. The molecule has 4 aromatic carbocycles. The Morgan fingerprint density at radius 3 is 1.34 bits per heavy atom. The number of hydrogen-bond donors (Lipinski definition) is 0. The molecule has 2 aliphatic carbocycles. The van der Waals surface area contributed by atoms with Crippen molar-refractivity contribution < 1.29 is 0 Å². The summed E-state index contributed by atoms with van der Waals surface area (Å²) in [5.74, 6) is 3.48. The Labute approximate surface area is 232 Å². The SMILES string of the molecule is c1ccc(P(C[C@@H]2CC[C@H]3CCCC[C@@H]3[C@H]2CP(c2ccccc2)c2ccccc2)c2ccccc2)cc1. The third kappa shape index (κ3) is 5.98. The Bertz CT molecular complexity index is 1160. The quantitative estimate of drug-likeness (QED) is 0.201. The van der Waals surface area contributed by atoms with Gasteiger partial charge in [0.15, 0.2) is 0 Å². The molecule has 2 heteroatoms. The van der Waals surface area contributed by atoms with E-state index in [-0.39, 0.29) is 15.8 Å². The van der Waals surface area contributed by atoms with Gasteiger partial charge in [0.25, 0.3) is 0 Å². The van der Waals surface area contributed by atoms with E-state index in [0.717, 1.165) is 23.7 Å². The van der Waals surface area contributed by atoms with Crippen molar-refractivity contribution in [3.05, 3.63) is 121 Å². The molecule has 4 atom stereocenters. The largest absolute Gasteiger partial charge is 0.0622 e. The number of rotatable bonds is 8. The zero-order valence-electron chi connectivity index (χ0n) is 22.4. The van der Waals surface area contributed by atoms with Gasteiger partial charge < -0.3 is 0 Å². The van der Waals surface area contributed by atoms with E-state index in [1.54, 1.807) is 21.2 Å². The van der Waals surface area contributed by atoms with Crippen LogP contribution in [0.1, 0.15) is 38.5 Å². The molecule has 0 radical (unpaired) electrons. The minimum Gasteiger partial charge on any atom is -0.0622 e. The number of fused-ring (bicyclic) bond motifs is 1. The van der Waals surface area contributed by atoms with Crippen LogP contribution in [0.15, 0.2) is 121 Å². The first-order chi connectivity index (χ1) is 18.9. The molecule has 6 rings (SSSR count). The molecule has 0 unspecified atom stereocenters. The van der Waals surface area contributed by atoms with E-state index in [2.05, 4.69) is 121 Å². The first-order valence-electron chi connectivity index (χ1n) is 14.6. The standard InChI is InChI=1S/C36H40P2/c1-5-16-31(17-6-1)37(32-18-7-2-8-19-32)27-30-26-25-29-15-13-14-24-35(29)36(30)28-38(33-20-9-3-10-21-33)34-22-11-4-12-23-34/h1-12,16-23,29-30,35-36H,13-15,24-28H2/t29-,30+,35+,36+/m1/s1. The van der Waals surface area contributed by atoms with Crippen molar-refractivity contribution in [1.29, 1.82) is 0 Å². The average molecular weight is 535 g/mol. The van der Waals surface area contributed by atoms with E-state index in [1.165, 1.54) is 50.8 Å². The topological polar surface area (TPSA) is 0 Å². The minimum absolute atomic E-state index is 0.351. The summed E-state index contributed by atoms with van der Waals surface area (Å²) in [5, 5.41) is 6.20. The summed E-state index contributed by atoms with van der Waals surface area (Å²) in [6.07, 6.45) is 11.4. The van der Waals surface area contributed by atoms with E-state index >= 15 is 0 Å². The molecule has 0 saturated heterocycles. The lowest BCUT2D eigenvalue weighted by molar-refractivity contribution is 0.0775. The molecule has 0 amide bonds. The van der Waals surface area contributed by atoms with E-state index < -0.39 is 0 Å². The second-order valence-electron chi connectivity index (χ2n) is 11.3. The molecule has 0 spiro atoms. The van der Waals surface area contributed by atoms with Crippen molar-refractivity contribution in [3.63, 3.8) is 0 Å². The van der Waals surface area contributed by atoms with Crippen molar-refractivity contribution in [2.24, 2.45) is 23.7 Å². The molecule has 2 aliphatic rings. The maximum absolute atomic E-state index is 2.40. The van der Waals surface area contributed by atoms with Gasteiger partial charge >= 0.3 is 0 Å². The Hall–Kier alpha value is -2.26. The maximum Gasteiger partial charge on any atom is -0.0195 e. The zero-order valence-corrected chi connectivity index (χ0v) is 24.2.